The van der Waals surface area contributed by atoms with Gasteiger partial charge < -0.3 is 10.2 Å². The molecule has 1 saturated heterocycles. The van der Waals surface area contributed by atoms with E-state index in [-0.39, 0.29) is 6.03 Å². The Morgan fingerprint density at radius 2 is 2.17 bits per heavy atom. The van der Waals surface area contributed by atoms with Crippen LogP contribution in [0.25, 0.3) is 0 Å². The van der Waals surface area contributed by atoms with Gasteiger partial charge in [-0.2, -0.15) is 0 Å². The largest absolute Gasteiger partial charge is 0.338 e. The predicted octanol–water partition coefficient (Wildman–Crippen LogP) is 4.18. The fourth-order valence-electron chi connectivity index (χ4n) is 3.80. The second-order valence-corrected chi connectivity index (χ2v) is 7.91. The second kappa shape index (κ2) is 8.34. The minimum Gasteiger partial charge on any atom is -0.338 e. The number of halogens is 1. The van der Waals surface area contributed by atoms with Crippen LogP contribution in [-0.2, 0) is 6.42 Å². The molecule has 0 aromatic heterocycles. The van der Waals surface area contributed by atoms with E-state index < -0.39 is 0 Å². The molecule has 2 amide bonds. The Balaban J connectivity index is 1.38. The average molecular weight is 394 g/mol. The molecule has 1 N–H and O–H groups in total. The molecule has 2 heterocycles. The van der Waals surface area contributed by atoms with Gasteiger partial charge in [0, 0.05) is 29.3 Å². The Hall–Kier alpha value is -1.07. The number of nitrogens with zero attached hydrogens (tertiary/aromatic N) is 2. The molecule has 132 valence electrons. The summed E-state index contributed by atoms with van der Waals surface area (Å²) in [5.41, 5.74) is 2.30. The number of carbonyl (C=O) groups is 1. The number of fused-ring (bicyclic) bond motifs is 1. The maximum Gasteiger partial charge on any atom is 0.321 e. The molecule has 1 atom stereocenters. The molecule has 1 fully saturated rings. The quantitative estimate of drug-likeness (QED) is 0.761. The summed E-state index contributed by atoms with van der Waals surface area (Å²) in [6.45, 7) is 6.29. The minimum absolute atomic E-state index is 0.0439. The van der Waals surface area contributed by atoms with Crippen molar-refractivity contribution in [3.63, 3.8) is 0 Å². The van der Waals surface area contributed by atoms with Crippen molar-refractivity contribution in [3.05, 3.63) is 28.2 Å². The highest BCUT2D eigenvalue weighted by Gasteiger charge is 2.24. The SMILES string of the molecule is C[C@@H]1CCCCN1CCCCNC(=O)N1CCc2cc(Br)ccc21. The fourth-order valence-corrected chi connectivity index (χ4v) is 4.21. The summed E-state index contributed by atoms with van der Waals surface area (Å²) < 4.78 is 1.08. The maximum atomic E-state index is 12.4. The molecule has 5 heteroatoms. The number of benzene rings is 1. The number of amides is 2. The molecule has 24 heavy (non-hydrogen) atoms. The molecule has 1 aromatic carbocycles. The van der Waals surface area contributed by atoms with Crippen LogP contribution in [0.1, 0.15) is 44.6 Å². The van der Waals surface area contributed by atoms with E-state index in [1.54, 1.807) is 0 Å². The fraction of sp³-hybridized carbons (Fsp3) is 0.632. The van der Waals surface area contributed by atoms with Crippen molar-refractivity contribution in [1.29, 1.82) is 0 Å². The maximum absolute atomic E-state index is 12.4. The molecule has 0 saturated carbocycles. The Bertz CT molecular complexity index is 578. The monoisotopic (exact) mass is 393 g/mol. The van der Waals surface area contributed by atoms with Crippen LogP contribution in [0.4, 0.5) is 10.5 Å². The van der Waals surface area contributed by atoms with Gasteiger partial charge in [0.1, 0.15) is 0 Å². The van der Waals surface area contributed by atoms with Gasteiger partial charge in [0.25, 0.3) is 0 Å². The lowest BCUT2D eigenvalue weighted by Crippen LogP contribution is -2.40. The molecule has 2 aliphatic rings. The van der Waals surface area contributed by atoms with Crippen LogP contribution < -0.4 is 10.2 Å². The molecule has 0 radical (unpaired) electrons. The van der Waals surface area contributed by atoms with Crippen molar-refractivity contribution in [3.8, 4) is 0 Å². The number of hydrogen-bond acceptors (Lipinski definition) is 2. The Kier molecular flexibility index (Phi) is 6.17. The van der Waals surface area contributed by atoms with Crippen molar-refractivity contribution in [1.82, 2.24) is 10.2 Å². The van der Waals surface area contributed by atoms with E-state index in [1.165, 1.54) is 31.4 Å². The molecule has 3 rings (SSSR count). The van der Waals surface area contributed by atoms with Crippen molar-refractivity contribution in [2.75, 3.05) is 31.1 Å². The van der Waals surface area contributed by atoms with Gasteiger partial charge in [-0.05, 0) is 75.9 Å². The first-order valence-electron chi connectivity index (χ1n) is 9.23. The van der Waals surface area contributed by atoms with Crippen molar-refractivity contribution in [2.45, 2.75) is 51.5 Å². The molecular weight excluding hydrogens is 366 g/mol. The van der Waals surface area contributed by atoms with Crippen LogP contribution in [-0.4, -0.2) is 43.2 Å². The number of piperidine rings is 1. The van der Waals surface area contributed by atoms with Gasteiger partial charge in [-0.25, -0.2) is 4.79 Å². The molecular formula is C19H28BrN3O. The number of rotatable bonds is 5. The van der Waals surface area contributed by atoms with Gasteiger partial charge in [-0.1, -0.05) is 22.4 Å². The van der Waals surface area contributed by atoms with Crippen LogP contribution in [0, 0.1) is 0 Å². The van der Waals surface area contributed by atoms with Crippen molar-refractivity contribution < 1.29 is 4.79 Å². The normalized spacial score (nSPS) is 20.9. The standard InChI is InChI=1S/C19H28BrN3O/c1-15-6-2-4-11-22(15)12-5-3-10-21-19(24)23-13-9-16-14-17(20)7-8-18(16)23/h7-8,14-15H,2-6,9-13H2,1H3,(H,21,24)/t15-/m1/s1. The lowest BCUT2D eigenvalue weighted by atomic mass is 10.0. The number of hydrogen-bond donors (Lipinski definition) is 1. The summed E-state index contributed by atoms with van der Waals surface area (Å²) in [7, 11) is 0. The first kappa shape index (κ1) is 17.7. The van der Waals surface area contributed by atoms with Crippen LogP contribution in [0.3, 0.4) is 0 Å². The van der Waals surface area contributed by atoms with Crippen LogP contribution in [0.2, 0.25) is 0 Å². The van der Waals surface area contributed by atoms with Gasteiger partial charge >= 0.3 is 6.03 Å². The lowest BCUT2D eigenvalue weighted by molar-refractivity contribution is 0.158. The molecule has 1 aromatic rings. The Morgan fingerprint density at radius 1 is 1.29 bits per heavy atom. The number of nitrogens with one attached hydrogen (secondary N) is 1. The molecule has 4 nitrogen and oxygen atoms in total. The zero-order chi connectivity index (χ0) is 16.9. The topological polar surface area (TPSA) is 35.6 Å². The van der Waals surface area contributed by atoms with E-state index in [0.29, 0.717) is 0 Å². The summed E-state index contributed by atoms with van der Waals surface area (Å²) in [6.07, 6.45) is 7.20. The first-order valence-corrected chi connectivity index (χ1v) is 10.0. The van der Waals surface area contributed by atoms with E-state index in [0.717, 1.165) is 55.1 Å². The Morgan fingerprint density at radius 3 is 3.00 bits per heavy atom. The predicted molar refractivity (Wildman–Crippen MR) is 103 cm³/mol. The molecule has 0 unspecified atom stereocenters. The van der Waals surface area contributed by atoms with Gasteiger partial charge in [-0.15, -0.1) is 0 Å². The number of unbranched alkanes of at least 4 members (excludes halogenated alkanes) is 1. The number of urea groups is 1. The zero-order valence-corrected chi connectivity index (χ0v) is 16.1. The van der Waals surface area contributed by atoms with E-state index in [9.17, 15) is 4.79 Å². The van der Waals surface area contributed by atoms with Crippen LogP contribution >= 0.6 is 15.9 Å². The summed E-state index contributed by atoms with van der Waals surface area (Å²) in [4.78, 5) is 16.9. The summed E-state index contributed by atoms with van der Waals surface area (Å²) in [5, 5.41) is 3.09. The molecule has 2 aliphatic heterocycles. The Labute approximate surface area is 153 Å². The van der Waals surface area contributed by atoms with Crippen LogP contribution in [0.5, 0.6) is 0 Å². The average Bonchev–Trinajstić information content (AvgIpc) is 2.99. The number of likely N-dealkylation sites (tertiary alicyclic amines) is 1. The lowest BCUT2D eigenvalue weighted by Gasteiger charge is -2.33. The van der Waals surface area contributed by atoms with Gasteiger partial charge in [-0.3, -0.25) is 4.90 Å². The van der Waals surface area contributed by atoms with Gasteiger partial charge in [0.05, 0.1) is 0 Å². The van der Waals surface area contributed by atoms with Crippen molar-refractivity contribution >= 4 is 27.6 Å². The smallest absolute Gasteiger partial charge is 0.321 e. The third-order valence-electron chi connectivity index (χ3n) is 5.27. The first-order chi connectivity index (χ1) is 11.6. The van der Waals surface area contributed by atoms with Crippen LogP contribution in [0.15, 0.2) is 22.7 Å². The van der Waals surface area contributed by atoms with Crippen molar-refractivity contribution in [2.24, 2.45) is 0 Å². The second-order valence-electron chi connectivity index (χ2n) is 6.99. The van der Waals surface area contributed by atoms with E-state index in [1.807, 2.05) is 17.0 Å². The van der Waals surface area contributed by atoms with Gasteiger partial charge in [0.15, 0.2) is 0 Å². The third kappa shape index (κ3) is 4.31. The minimum atomic E-state index is 0.0439. The highest BCUT2D eigenvalue weighted by atomic mass is 79.9. The van der Waals surface area contributed by atoms with Gasteiger partial charge in [0.2, 0.25) is 0 Å². The number of anilines is 1. The van der Waals surface area contributed by atoms with E-state index >= 15 is 0 Å². The number of carbonyl (C=O) groups excluding carboxylic acids is 1. The summed E-state index contributed by atoms with van der Waals surface area (Å²) >= 11 is 3.49. The molecule has 0 spiro atoms. The summed E-state index contributed by atoms with van der Waals surface area (Å²) in [5.74, 6) is 0. The van der Waals surface area contributed by atoms with E-state index in [2.05, 4.69) is 39.1 Å². The highest BCUT2D eigenvalue weighted by Crippen LogP contribution is 2.30. The zero-order valence-electron chi connectivity index (χ0n) is 14.6. The molecule has 0 bridgehead atoms. The summed E-state index contributed by atoms with van der Waals surface area (Å²) in [6, 6.07) is 6.92. The van der Waals surface area contributed by atoms with E-state index in [4.69, 9.17) is 0 Å². The molecule has 0 aliphatic carbocycles. The third-order valence-corrected chi connectivity index (χ3v) is 5.76. The highest BCUT2D eigenvalue weighted by molar-refractivity contribution is 9.10.